The van der Waals surface area contributed by atoms with Crippen LogP contribution in [0.25, 0.3) is 21.5 Å². The molecule has 0 amide bonds. The molecule has 0 heterocycles. The van der Waals surface area contributed by atoms with E-state index in [0.717, 1.165) is 23.6 Å². The van der Waals surface area contributed by atoms with Gasteiger partial charge < -0.3 is 10.6 Å². The Bertz CT molecular complexity index is 1280. The lowest BCUT2D eigenvalue weighted by Crippen LogP contribution is -2.18. The fourth-order valence-electron chi connectivity index (χ4n) is 4.42. The number of para-hydroxylation sites is 3. The number of hydrogen-bond donors (Lipinski definition) is 1. The average Bonchev–Trinajstić information content (AvgIpc) is 2.81. The largest absolute Gasteiger partial charge is 0.397 e. The monoisotopic (exact) mass is 388 g/mol. The minimum Gasteiger partial charge on any atom is -0.397 e. The van der Waals surface area contributed by atoms with Crippen LogP contribution in [-0.4, -0.2) is 0 Å². The summed E-state index contributed by atoms with van der Waals surface area (Å²) in [6.07, 6.45) is 0. The van der Waals surface area contributed by atoms with Gasteiger partial charge in [0.05, 0.1) is 11.4 Å². The molecule has 0 spiro atoms. The van der Waals surface area contributed by atoms with Gasteiger partial charge in [-0.25, -0.2) is 0 Å². The summed E-state index contributed by atoms with van der Waals surface area (Å²) in [4.78, 5) is 2.32. The lowest BCUT2D eigenvalue weighted by Gasteiger charge is -2.28. The van der Waals surface area contributed by atoms with Crippen molar-refractivity contribution in [2.45, 2.75) is 13.5 Å². The molecule has 0 fully saturated rings. The molecule has 0 aromatic heterocycles. The summed E-state index contributed by atoms with van der Waals surface area (Å²) in [5.74, 6) is 0. The number of fused-ring (bicyclic) bond motifs is 2. The number of nitrogen functional groups attached to an aromatic ring is 1. The first-order valence-electron chi connectivity index (χ1n) is 10.3. The molecule has 5 rings (SSSR count). The molecule has 0 saturated heterocycles. The maximum Gasteiger partial charge on any atom is 0.0647 e. The maximum atomic E-state index is 6.42. The minimum absolute atomic E-state index is 0.736. The quantitative estimate of drug-likeness (QED) is 0.260. The predicted molar refractivity (Wildman–Crippen MR) is 129 cm³/mol. The number of aryl methyl sites for hydroxylation is 1. The van der Waals surface area contributed by atoms with Gasteiger partial charge in [0.15, 0.2) is 0 Å². The molecule has 0 bridgehead atoms. The Balaban J connectivity index is 1.78. The average molecular weight is 389 g/mol. The van der Waals surface area contributed by atoms with Gasteiger partial charge in [0.25, 0.3) is 0 Å². The van der Waals surface area contributed by atoms with Crippen LogP contribution in [0.15, 0.2) is 103 Å². The Morgan fingerprint density at radius 3 is 1.70 bits per heavy atom. The lowest BCUT2D eigenvalue weighted by molar-refractivity contribution is 0.994. The van der Waals surface area contributed by atoms with E-state index in [4.69, 9.17) is 5.73 Å². The number of rotatable bonds is 4. The highest BCUT2D eigenvalue weighted by atomic mass is 15.1. The Labute approximate surface area is 177 Å². The number of nitrogens with two attached hydrogens (primary N) is 1. The number of hydrogen-bond acceptors (Lipinski definition) is 2. The van der Waals surface area contributed by atoms with Crippen molar-refractivity contribution >= 4 is 38.6 Å². The first-order valence-corrected chi connectivity index (χ1v) is 10.3. The topological polar surface area (TPSA) is 29.3 Å². The highest BCUT2D eigenvalue weighted by Gasteiger charge is 2.17. The molecule has 0 saturated carbocycles. The van der Waals surface area contributed by atoms with E-state index in [1.165, 1.54) is 32.7 Å². The molecule has 0 atom stereocenters. The van der Waals surface area contributed by atoms with Crippen LogP contribution in [-0.2, 0) is 6.54 Å². The van der Waals surface area contributed by atoms with Crippen molar-refractivity contribution in [2.75, 3.05) is 10.6 Å². The Kier molecular flexibility index (Phi) is 4.61. The number of nitrogens with zero attached hydrogens (tertiary/aromatic N) is 1. The third-order valence-electron chi connectivity index (χ3n) is 5.92. The summed E-state index contributed by atoms with van der Waals surface area (Å²) in [6.45, 7) is 2.96. The van der Waals surface area contributed by atoms with Gasteiger partial charge in [-0.1, -0.05) is 78.9 Å². The van der Waals surface area contributed by atoms with E-state index in [9.17, 15) is 0 Å². The van der Waals surface area contributed by atoms with E-state index >= 15 is 0 Å². The Morgan fingerprint density at radius 1 is 0.600 bits per heavy atom. The highest BCUT2D eigenvalue weighted by Crippen LogP contribution is 2.37. The van der Waals surface area contributed by atoms with Crippen molar-refractivity contribution in [1.82, 2.24) is 0 Å². The molecule has 2 heteroatoms. The Morgan fingerprint density at radius 2 is 1.10 bits per heavy atom. The third kappa shape index (κ3) is 3.07. The molecular weight excluding hydrogens is 364 g/mol. The van der Waals surface area contributed by atoms with E-state index in [1.807, 2.05) is 24.3 Å². The van der Waals surface area contributed by atoms with Crippen LogP contribution in [0.3, 0.4) is 0 Å². The van der Waals surface area contributed by atoms with Gasteiger partial charge >= 0.3 is 0 Å². The number of anilines is 3. The van der Waals surface area contributed by atoms with Crippen LogP contribution >= 0.6 is 0 Å². The molecule has 0 radical (unpaired) electrons. The normalized spacial score (nSPS) is 11.1. The van der Waals surface area contributed by atoms with Crippen molar-refractivity contribution in [3.8, 4) is 0 Å². The summed E-state index contributed by atoms with van der Waals surface area (Å²) < 4.78 is 0. The molecule has 146 valence electrons. The summed E-state index contributed by atoms with van der Waals surface area (Å²) in [5.41, 5.74) is 12.0. The molecule has 0 aliphatic heterocycles. The van der Waals surface area contributed by atoms with Crippen LogP contribution in [0.1, 0.15) is 11.1 Å². The summed E-state index contributed by atoms with van der Waals surface area (Å²) in [5, 5.41) is 5.20. The van der Waals surface area contributed by atoms with Gasteiger partial charge in [-0.05, 0) is 63.9 Å². The molecule has 0 aliphatic rings. The van der Waals surface area contributed by atoms with Gasteiger partial charge in [0.1, 0.15) is 0 Å². The van der Waals surface area contributed by atoms with Crippen LogP contribution in [0, 0.1) is 6.92 Å². The summed E-state index contributed by atoms with van der Waals surface area (Å²) in [7, 11) is 0. The maximum absolute atomic E-state index is 6.42. The van der Waals surface area contributed by atoms with Crippen LogP contribution in [0.2, 0.25) is 0 Å². The van der Waals surface area contributed by atoms with E-state index in [2.05, 4.69) is 90.7 Å². The van der Waals surface area contributed by atoms with Gasteiger partial charge in [0.2, 0.25) is 0 Å². The van der Waals surface area contributed by atoms with Gasteiger partial charge in [0, 0.05) is 12.2 Å². The van der Waals surface area contributed by atoms with Crippen LogP contribution in [0.5, 0.6) is 0 Å². The first kappa shape index (κ1) is 18.3. The van der Waals surface area contributed by atoms with Crippen molar-refractivity contribution in [3.63, 3.8) is 0 Å². The molecular formula is C28H24N2. The fraction of sp³-hybridized carbons (Fsp3) is 0.0714. The molecule has 5 aromatic rings. The van der Waals surface area contributed by atoms with Gasteiger partial charge in [-0.15, -0.1) is 0 Å². The lowest BCUT2D eigenvalue weighted by atomic mass is 9.92. The second-order valence-corrected chi connectivity index (χ2v) is 7.68. The number of benzene rings is 5. The second kappa shape index (κ2) is 7.57. The Hall–Kier alpha value is -3.78. The predicted octanol–water partition coefficient (Wildman–Crippen LogP) is 7.22. The molecule has 0 unspecified atom stereocenters. The highest BCUT2D eigenvalue weighted by molar-refractivity contribution is 6.06. The standard InChI is InChI=1S/C28H24N2/c1-20-22-13-5-7-15-24(22)26(25-16-8-6-14-23(20)25)19-30(21-11-3-2-4-12-21)28-18-10-9-17-27(28)29/h2-18H,19,29H2,1H3. The molecule has 2 nitrogen and oxygen atoms in total. The third-order valence-corrected chi connectivity index (χ3v) is 5.92. The minimum atomic E-state index is 0.736. The van der Waals surface area contributed by atoms with Gasteiger partial charge in [-0.2, -0.15) is 0 Å². The van der Waals surface area contributed by atoms with Crippen molar-refractivity contribution in [1.29, 1.82) is 0 Å². The van der Waals surface area contributed by atoms with Crippen molar-refractivity contribution in [3.05, 3.63) is 114 Å². The van der Waals surface area contributed by atoms with E-state index < -0.39 is 0 Å². The van der Waals surface area contributed by atoms with Crippen LogP contribution in [0.4, 0.5) is 17.1 Å². The second-order valence-electron chi connectivity index (χ2n) is 7.68. The van der Waals surface area contributed by atoms with E-state index in [1.54, 1.807) is 0 Å². The summed E-state index contributed by atoms with van der Waals surface area (Å²) >= 11 is 0. The van der Waals surface area contributed by atoms with E-state index in [0.29, 0.717) is 0 Å². The zero-order valence-corrected chi connectivity index (χ0v) is 17.0. The van der Waals surface area contributed by atoms with Crippen LogP contribution < -0.4 is 10.6 Å². The smallest absolute Gasteiger partial charge is 0.0647 e. The molecule has 30 heavy (non-hydrogen) atoms. The van der Waals surface area contributed by atoms with Gasteiger partial charge in [-0.3, -0.25) is 0 Å². The zero-order chi connectivity index (χ0) is 20.5. The SMILES string of the molecule is Cc1c2ccccc2c(CN(c2ccccc2)c2ccccc2N)c2ccccc12. The molecule has 2 N–H and O–H groups in total. The molecule has 5 aromatic carbocycles. The van der Waals surface area contributed by atoms with E-state index in [-0.39, 0.29) is 0 Å². The fourth-order valence-corrected chi connectivity index (χ4v) is 4.42. The van der Waals surface area contributed by atoms with Crippen molar-refractivity contribution < 1.29 is 0 Å². The first-order chi connectivity index (χ1) is 14.7. The molecule has 0 aliphatic carbocycles. The van der Waals surface area contributed by atoms with Crippen molar-refractivity contribution in [2.24, 2.45) is 0 Å². The summed E-state index contributed by atoms with van der Waals surface area (Å²) in [6, 6.07) is 36.0. The zero-order valence-electron chi connectivity index (χ0n) is 17.0.